The SMILES string of the molecule is O=C(CCC(=O)Nc1ccccc1I)NN=Cc1ccccc1. The third-order valence-electron chi connectivity index (χ3n) is 2.93. The molecule has 6 heteroatoms. The molecule has 0 bridgehead atoms. The van der Waals surface area contributed by atoms with Gasteiger partial charge in [-0.25, -0.2) is 5.43 Å². The maximum Gasteiger partial charge on any atom is 0.240 e. The first-order valence-corrected chi connectivity index (χ1v) is 8.14. The van der Waals surface area contributed by atoms with E-state index >= 15 is 0 Å². The van der Waals surface area contributed by atoms with E-state index in [0.717, 1.165) is 14.8 Å². The van der Waals surface area contributed by atoms with Crippen molar-refractivity contribution < 1.29 is 9.59 Å². The number of anilines is 1. The van der Waals surface area contributed by atoms with Gasteiger partial charge in [-0.05, 0) is 40.3 Å². The van der Waals surface area contributed by atoms with Gasteiger partial charge in [0.15, 0.2) is 0 Å². The Labute approximate surface area is 148 Å². The van der Waals surface area contributed by atoms with Crippen molar-refractivity contribution in [1.29, 1.82) is 0 Å². The molecule has 0 aliphatic heterocycles. The number of amides is 2. The average molecular weight is 421 g/mol. The van der Waals surface area contributed by atoms with Gasteiger partial charge >= 0.3 is 0 Å². The number of rotatable bonds is 6. The summed E-state index contributed by atoms with van der Waals surface area (Å²) in [4.78, 5) is 23.5. The third kappa shape index (κ3) is 6.19. The summed E-state index contributed by atoms with van der Waals surface area (Å²) >= 11 is 2.15. The highest BCUT2D eigenvalue weighted by atomic mass is 127. The van der Waals surface area contributed by atoms with Gasteiger partial charge in [0.2, 0.25) is 11.8 Å². The van der Waals surface area contributed by atoms with E-state index in [9.17, 15) is 9.59 Å². The van der Waals surface area contributed by atoms with Crippen LogP contribution in [-0.2, 0) is 9.59 Å². The molecule has 2 amide bonds. The van der Waals surface area contributed by atoms with Crippen LogP contribution in [0.1, 0.15) is 18.4 Å². The summed E-state index contributed by atoms with van der Waals surface area (Å²) in [5.41, 5.74) is 4.05. The lowest BCUT2D eigenvalue weighted by molar-refractivity contribution is -0.124. The van der Waals surface area contributed by atoms with E-state index in [1.807, 2.05) is 54.6 Å². The van der Waals surface area contributed by atoms with Crippen LogP contribution in [0.3, 0.4) is 0 Å². The van der Waals surface area contributed by atoms with E-state index in [-0.39, 0.29) is 24.7 Å². The predicted octanol–water partition coefficient (Wildman–Crippen LogP) is 3.16. The summed E-state index contributed by atoms with van der Waals surface area (Å²) < 4.78 is 0.954. The van der Waals surface area contributed by atoms with E-state index in [1.54, 1.807) is 6.21 Å². The molecule has 0 saturated heterocycles. The lowest BCUT2D eigenvalue weighted by atomic mass is 10.2. The van der Waals surface area contributed by atoms with Crippen LogP contribution in [0.15, 0.2) is 59.7 Å². The number of halogens is 1. The van der Waals surface area contributed by atoms with Crippen molar-refractivity contribution in [2.75, 3.05) is 5.32 Å². The highest BCUT2D eigenvalue weighted by Gasteiger charge is 2.08. The maximum absolute atomic E-state index is 11.8. The molecule has 0 spiro atoms. The summed E-state index contributed by atoms with van der Waals surface area (Å²) in [6.07, 6.45) is 1.75. The fourth-order valence-electron chi connectivity index (χ4n) is 1.78. The minimum atomic E-state index is -0.296. The fraction of sp³-hybridized carbons (Fsp3) is 0.118. The molecule has 2 rings (SSSR count). The molecule has 5 nitrogen and oxygen atoms in total. The largest absolute Gasteiger partial charge is 0.325 e. The lowest BCUT2D eigenvalue weighted by Crippen LogP contribution is -2.20. The molecule has 0 aliphatic carbocycles. The predicted molar refractivity (Wildman–Crippen MR) is 99.2 cm³/mol. The van der Waals surface area contributed by atoms with Gasteiger partial charge < -0.3 is 5.32 Å². The summed E-state index contributed by atoms with van der Waals surface area (Å²) in [5.74, 6) is -0.494. The van der Waals surface area contributed by atoms with E-state index in [0.29, 0.717) is 0 Å². The van der Waals surface area contributed by atoms with Crippen LogP contribution in [0, 0.1) is 3.57 Å². The van der Waals surface area contributed by atoms with Crippen molar-refractivity contribution in [1.82, 2.24) is 5.43 Å². The van der Waals surface area contributed by atoms with Crippen LogP contribution in [-0.4, -0.2) is 18.0 Å². The fourth-order valence-corrected chi connectivity index (χ4v) is 2.30. The Bertz CT molecular complexity index is 702. The molecule has 2 N–H and O–H groups in total. The first-order chi connectivity index (χ1) is 11.1. The van der Waals surface area contributed by atoms with E-state index in [4.69, 9.17) is 0 Å². The molecular formula is C17H16IN3O2. The molecule has 0 radical (unpaired) electrons. The van der Waals surface area contributed by atoms with Crippen LogP contribution >= 0.6 is 22.6 Å². The molecule has 2 aromatic rings. The zero-order valence-electron chi connectivity index (χ0n) is 12.3. The van der Waals surface area contributed by atoms with Gasteiger partial charge in [-0.15, -0.1) is 0 Å². The lowest BCUT2D eigenvalue weighted by Gasteiger charge is -2.06. The van der Waals surface area contributed by atoms with Crippen LogP contribution in [0.4, 0.5) is 5.69 Å². The van der Waals surface area contributed by atoms with Gasteiger partial charge in [-0.3, -0.25) is 9.59 Å². The summed E-state index contributed by atoms with van der Waals surface area (Å²) in [6, 6.07) is 16.9. The number of hydrogen-bond donors (Lipinski definition) is 2. The minimum Gasteiger partial charge on any atom is -0.325 e. The number of nitrogens with one attached hydrogen (secondary N) is 2. The molecule has 0 aromatic heterocycles. The first kappa shape index (κ1) is 17.1. The first-order valence-electron chi connectivity index (χ1n) is 7.06. The van der Waals surface area contributed by atoms with Gasteiger partial charge in [0.05, 0.1) is 11.9 Å². The Morgan fingerprint density at radius 3 is 2.35 bits per heavy atom. The van der Waals surface area contributed by atoms with E-state index in [1.165, 1.54) is 0 Å². The topological polar surface area (TPSA) is 70.6 Å². The summed E-state index contributed by atoms with van der Waals surface area (Å²) in [6.45, 7) is 0. The van der Waals surface area contributed by atoms with Crippen molar-refractivity contribution in [3.63, 3.8) is 0 Å². The van der Waals surface area contributed by atoms with Crippen LogP contribution in [0.25, 0.3) is 0 Å². The Balaban J connectivity index is 1.73. The zero-order chi connectivity index (χ0) is 16.5. The second kappa shape index (κ2) is 9.04. The van der Waals surface area contributed by atoms with Crippen molar-refractivity contribution in [2.24, 2.45) is 5.10 Å². The molecule has 0 aliphatic rings. The van der Waals surface area contributed by atoms with E-state index in [2.05, 4.69) is 38.4 Å². The maximum atomic E-state index is 11.8. The Morgan fingerprint density at radius 1 is 0.957 bits per heavy atom. The van der Waals surface area contributed by atoms with Crippen LogP contribution in [0.2, 0.25) is 0 Å². The molecule has 0 saturated carbocycles. The van der Waals surface area contributed by atoms with Crippen molar-refractivity contribution in [3.05, 3.63) is 63.7 Å². The average Bonchev–Trinajstić information content (AvgIpc) is 2.56. The summed E-state index contributed by atoms with van der Waals surface area (Å²) in [5, 5.41) is 6.64. The standard InChI is InChI=1S/C17H16IN3O2/c18-14-8-4-5-9-15(14)20-16(22)10-11-17(23)21-19-12-13-6-2-1-3-7-13/h1-9,12H,10-11H2,(H,20,22)(H,21,23). The van der Waals surface area contributed by atoms with Gasteiger partial charge in [0, 0.05) is 16.4 Å². The number of para-hydroxylation sites is 1. The van der Waals surface area contributed by atoms with Gasteiger partial charge in [-0.1, -0.05) is 42.5 Å². The molecule has 118 valence electrons. The number of benzene rings is 2. The zero-order valence-corrected chi connectivity index (χ0v) is 14.5. The molecule has 0 fully saturated rings. The highest BCUT2D eigenvalue weighted by molar-refractivity contribution is 14.1. The number of nitrogens with zero attached hydrogens (tertiary/aromatic N) is 1. The van der Waals surface area contributed by atoms with Crippen molar-refractivity contribution >= 4 is 46.3 Å². The molecule has 23 heavy (non-hydrogen) atoms. The molecule has 0 atom stereocenters. The molecule has 0 heterocycles. The Kier molecular flexibility index (Phi) is 6.74. The number of carbonyl (C=O) groups excluding carboxylic acids is 2. The number of hydrazone groups is 1. The van der Waals surface area contributed by atoms with Crippen LogP contribution < -0.4 is 10.7 Å². The summed E-state index contributed by atoms with van der Waals surface area (Å²) in [7, 11) is 0. The normalized spacial score (nSPS) is 10.5. The smallest absolute Gasteiger partial charge is 0.240 e. The second-order valence-electron chi connectivity index (χ2n) is 4.73. The molecule has 2 aromatic carbocycles. The van der Waals surface area contributed by atoms with Gasteiger partial charge in [-0.2, -0.15) is 5.10 Å². The molecular weight excluding hydrogens is 405 g/mol. The Morgan fingerprint density at radius 2 is 1.61 bits per heavy atom. The highest BCUT2D eigenvalue weighted by Crippen LogP contribution is 2.17. The monoisotopic (exact) mass is 421 g/mol. The number of hydrogen-bond acceptors (Lipinski definition) is 3. The van der Waals surface area contributed by atoms with Gasteiger partial charge in [0.1, 0.15) is 0 Å². The van der Waals surface area contributed by atoms with Crippen molar-refractivity contribution in [2.45, 2.75) is 12.8 Å². The number of carbonyl (C=O) groups is 2. The Hall–Kier alpha value is -2.22. The van der Waals surface area contributed by atoms with Crippen LogP contribution in [0.5, 0.6) is 0 Å². The quantitative estimate of drug-likeness (QED) is 0.428. The van der Waals surface area contributed by atoms with Gasteiger partial charge in [0.25, 0.3) is 0 Å². The minimum absolute atomic E-state index is 0.0847. The molecule has 0 unspecified atom stereocenters. The second-order valence-corrected chi connectivity index (χ2v) is 5.89. The third-order valence-corrected chi connectivity index (χ3v) is 3.87. The van der Waals surface area contributed by atoms with E-state index < -0.39 is 0 Å². The van der Waals surface area contributed by atoms with Crippen molar-refractivity contribution in [3.8, 4) is 0 Å².